The zero-order valence-corrected chi connectivity index (χ0v) is 13.6. The Morgan fingerprint density at radius 2 is 1.68 bits per heavy atom. The van der Waals surface area contributed by atoms with Gasteiger partial charge in [-0.1, -0.05) is 22.6 Å². The summed E-state index contributed by atoms with van der Waals surface area (Å²) in [5.74, 6) is -3.02. The number of carbonyl (C=O) groups excluding carboxylic acids is 2. The van der Waals surface area contributed by atoms with Crippen molar-refractivity contribution in [3.63, 3.8) is 0 Å². The van der Waals surface area contributed by atoms with Gasteiger partial charge in [-0.2, -0.15) is 0 Å². The lowest BCUT2D eigenvalue weighted by atomic mass is 10.3. The summed E-state index contributed by atoms with van der Waals surface area (Å²) < 4.78 is 0.704. The monoisotopic (exact) mass is 426 g/mol. The smallest absolute Gasteiger partial charge is 0.335 e. The summed E-state index contributed by atoms with van der Waals surface area (Å²) in [7, 11) is 0. The molecule has 0 aromatic carbocycles. The van der Waals surface area contributed by atoms with Gasteiger partial charge in [0.15, 0.2) is 0 Å². The molecule has 3 N–H and O–H groups in total. The van der Waals surface area contributed by atoms with E-state index in [4.69, 9.17) is 9.94 Å². The summed E-state index contributed by atoms with van der Waals surface area (Å²) in [5.41, 5.74) is 0. The van der Waals surface area contributed by atoms with Gasteiger partial charge in [0, 0.05) is 25.2 Å². The SMILES string of the molecule is O=C(O)CCN(CCC(=O)On1c(O)ccc1O)C(=O)CI. The Morgan fingerprint density at radius 3 is 2.18 bits per heavy atom. The zero-order chi connectivity index (χ0) is 16.7. The number of hydrogen-bond acceptors (Lipinski definition) is 6. The zero-order valence-electron chi connectivity index (χ0n) is 11.4. The second-order valence-corrected chi connectivity index (χ2v) is 4.98. The lowest BCUT2D eigenvalue weighted by molar-refractivity contribution is -0.146. The fourth-order valence-corrected chi connectivity index (χ4v) is 2.03. The number of aromatic nitrogens is 1. The first-order chi connectivity index (χ1) is 10.3. The van der Waals surface area contributed by atoms with E-state index in [1.807, 2.05) is 22.6 Å². The van der Waals surface area contributed by atoms with Crippen molar-refractivity contribution in [2.75, 3.05) is 17.5 Å². The summed E-state index contributed by atoms with van der Waals surface area (Å²) >= 11 is 1.84. The Balaban J connectivity index is 2.54. The van der Waals surface area contributed by atoms with Crippen LogP contribution in [0.15, 0.2) is 12.1 Å². The van der Waals surface area contributed by atoms with E-state index in [9.17, 15) is 24.6 Å². The molecule has 0 aliphatic carbocycles. The highest BCUT2D eigenvalue weighted by atomic mass is 127. The van der Waals surface area contributed by atoms with Gasteiger partial charge in [-0.05, 0) is 0 Å². The van der Waals surface area contributed by atoms with E-state index in [-0.39, 0.29) is 36.3 Å². The molecule has 0 spiro atoms. The summed E-state index contributed by atoms with van der Waals surface area (Å²) in [5, 5.41) is 27.3. The Morgan fingerprint density at radius 1 is 1.14 bits per heavy atom. The van der Waals surface area contributed by atoms with Crippen LogP contribution in [0.5, 0.6) is 11.8 Å². The number of aromatic hydroxyl groups is 2. The second kappa shape index (κ2) is 8.46. The molecule has 10 heteroatoms. The molecule has 9 nitrogen and oxygen atoms in total. The maximum Gasteiger partial charge on any atom is 0.335 e. The van der Waals surface area contributed by atoms with Crippen LogP contribution in [0.3, 0.4) is 0 Å². The van der Waals surface area contributed by atoms with Crippen molar-refractivity contribution in [1.29, 1.82) is 0 Å². The largest absolute Gasteiger partial charge is 0.492 e. The first kappa shape index (κ1) is 18.1. The van der Waals surface area contributed by atoms with Crippen molar-refractivity contribution >= 4 is 40.4 Å². The van der Waals surface area contributed by atoms with Crippen LogP contribution in [-0.4, -0.2) is 60.3 Å². The summed E-state index contributed by atoms with van der Waals surface area (Å²) in [6, 6.07) is 2.28. The molecule has 1 amide bonds. The predicted molar refractivity (Wildman–Crippen MR) is 81.7 cm³/mol. The number of carboxylic acids is 1. The number of carbonyl (C=O) groups is 3. The molecule has 1 heterocycles. The molecule has 0 saturated carbocycles. The third-order valence-corrected chi connectivity index (χ3v) is 3.29. The van der Waals surface area contributed by atoms with Crippen LogP contribution >= 0.6 is 22.6 Å². The maximum atomic E-state index is 11.7. The molecule has 0 radical (unpaired) electrons. The van der Waals surface area contributed by atoms with Gasteiger partial charge in [-0.15, -0.1) is 4.73 Å². The van der Waals surface area contributed by atoms with E-state index in [1.165, 1.54) is 4.90 Å². The Bertz CT molecular complexity index is 538. The number of hydrogen-bond donors (Lipinski definition) is 3. The summed E-state index contributed by atoms with van der Waals surface area (Å²) in [6.07, 6.45) is -0.435. The molecule has 1 aromatic rings. The molecular weight excluding hydrogens is 411 g/mol. The normalized spacial score (nSPS) is 10.2. The maximum absolute atomic E-state index is 11.7. The van der Waals surface area contributed by atoms with Gasteiger partial charge in [-0.25, -0.2) is 4.79 Å². The molecule has 0 saturated heterocycles. The fraction of sp³-hybridized carbons (Fsp3) is 0.417. The van der Waals surface area contributed by atoms with Crippen LogP contribution < -0.4 is 4.84 Å². The van der Waals surface area contributed by atoms with Crippen molar-refractivity contribution in [3.05, 3.63) is 12.1 Å². The Kier molecular flexibility index (Phi) is 6.95. The van der Waals surface area contributed by atoms with Crippen LogP contribution in [0.2, 0.25) is 0 Å². The molecule has 1 rings (SSSR count). The average Bonchev–Trinajstić information content (AvgIpc) is 2.78. The topological polar surface area (TPSA) is 129 Å². The van der Waals surface area contributed by atoms with Gasteiger partial charge in [0.05, 0.1) is 17.3 Å². The highest BCUT2D eigenvalue weighted by Gasteiger charge is 2.17. The molecular formula is C12H15IN2O7. The van der Waals surface area contributed by atoms with Gasteiger partial charge in [0.25, 0.3) is 0 Å². The number of carboxylic acid groups (broad SMARTS) is 1. The number of nitrogens with zero attached hydrogens (tertiary/aromatic N) is 2. The summed E-state index contributed by atoms with van der Waals surface area (Å²) in [6.45, 7) is -0.0266. The molecule has 0 atom stereocenters. The van der Waals surface area contributed by atoms with E-state index in [0.717, 1.165) is 12.1 Å². The molecule has 22 heavy (non-hydrogen) atoms. The molecule has 0 fully saturated rings. The summed E-state index contributed by atoms with van der Waals surface area (Å²) in [4.78, 5) is 39.8. The quantitative estimate of drug-likeness (QED) is 0.394. The molecule has 1 aromatic heterocycles. The van der Waals surface area contributed by atoms with Crippen molar-refractivity contribution in [3.8, 4) is 11.8 Å². The minimum atomic E-state index is -1.05. The molecule has 0 aliphatic heterocycles. The van der Waals surface area contributed by atoms with Crippen molar-refractivity contribution < 1.29 is 34.5 Å². The minimum absolute atomic E-state index is 0.00946. The van der Waals surface area contributed by atoms with E-state index in [0.29, 0.717) is 4.73 Å². The van der Waals surface area contributed by atoms with Crippen molar-refractivity contribution in [2.45, 2.75) is 12.8 Å². The molecule has 0 unspecified atom stereocenters. The molecule has 0 bridgehead atoms. The number of halogens is 1. The number of alkyl halides is 1. The lowest BCUT2D eigenvalue weighted by Gasteiger charge is -2.20. The van der Waals surface area contributed by atoms with E-state index >= 15 is 0 Å². The first-order valence-electron chi connectivity index (χ1n) is 6.21. The van der Waals surface area contributed by atoms with Crippen LogP contribution in [0, 0.1) is 0 Å². The van der Waals surface area contributed by atoms with Crippen molar-refractivity contribution in [1.82, 2.24) is 9.63 Å². The van der Waals surface area contributed by atoms with E-state index < -0.39 is 23.7 Å². The standard InChI is InChI=1S/C12H15IN2O7/c13-7-10(18)14(5-3-11(19)20)6-4-12(21)22-15-8(16)1-2-9(15)17/h1-2,16-17H,3-7H2,(H,19,20). The highest BCUT2D eigenvalue weighted by molar-refractivity contribution is 14.1. The van der Waals surface area contributed by atoms with E-state index in [1.54, 1.807) is 0 Å². The van der Waals surface area contributed by atoms with Crippen LogP contribution in [0.4, 0.5) is 0 Å². The first-order valence-corrected chi connectivity index (χ1v) is 7.74. The van der Waals surface area contributed by atoms with Crippen molar-refractivity contribution in [2.24, 2.45) is 0 Å². The number of amides is 1. The van der Waals surface area contributed by atoms with E-state index in [2.05, 4.69) is 0 Å². The molecule has 0 aliphatic rings. The van der Waals surface area contributed by atoms with Gasteiger partial charge in [0.2, 0.25) is 17.7 Å². The van der Waals surface area contributed by atoms with Crippen LogP contribution in [0.1, 0.15) is 12.8 Å². The lowest BCUT2D eigenvalue weighted by Crippen LogP contribution is -2.36. The Hall–Kier alpha value is -1.98. The van der Waals surface area contributed by atoms with Crippen LogP contribution in [-0.2, 0) is 14.4 Å². The average molecular weight is 426 g/mol. The van der Waals surface area contributed by atoms with Crippen LogP contribution in [0.25, 0.3) is 0 Å². The number of rotatable bonds is 8. The second-order valence-electron chi connectivity index (χ2n) is 4.22. The number of aliphatic carboxylic acids is 1. The highest BCUT2D eigenvalue weighted by Crippen LogP contribution is 2.18. The Labute approximate surface area is 139 Å². The van der Waals surface area contributed by atoms with Gasteiger partial charge in [-0.3, -0.25) is 9.59 Å². The predicted octanol–water partition coefficient (Wildman–Crippen LogP) is -0.0171. The molecule has 122 valence electrons. The van der Waals surface area contributed by atoms with Gasteiger partial charge < -0.3 is 25.1 Å². The fourth-order valence-electron chi connectivity index (χ4n) is 1.55. The van der Waals surface area contributed by atoms with Gasteiger partial charge >= 0.3 is 11.9 Å². The van der Waals surface area contributed by atoms with Gasteiger partial charge in [0.1, 0.15) is 0 Å². The third kappa shape index (κ3) is 5.42. The minimum Gasteiger partial charge on any atom is -0.492 e. The third-order valence-electron chi connectivity index (χ3n) is 2.64.